The Balaban J connectivity index is 1.75. The van der Waals surface area contributed by atoms with Crippen molar-refractivity contribution < 1.29 is 9.90 Å². The third-order valence-corrected chi connectivity index (χ3v) is 4.55. The van der Waals surface area contributed by atoms with Gasteiger partial charge in [0.15, 0.2) is 0 Å². The van der Waals surface area contributed by atoms with Gasteiger partial charge >= 0.3 is 0 Å². The van der Waals surface area contributed by atoms with E-state index in [9.17, 15) is 9.90 Å². The van der Waals surface area contributed by atoms with E-state index >= 15 is 0 Å². The minimum Gasteiger partial charge on any atom is -0.393 e. The lowest BCUT2D eigenvalue weighted by molar-refractivity contribution is 0.0413. The number of carbonyl (C=O) groups excluding carboxylic acids is 1. The molecule has 0 aromatic heterocycles. The van der Waals surface area contributed by atoms with Gasteiger partial charge in [-0.25, -0.2) is 0 Å². The number of nitrogens with zero attached hydrogens (tertiary/aromatic N) is 1. The molecule has 0 radical (unpaired) electrons. The maximum atomic E-state index is 12.4. The van der Waals surface area contributed by atoms with Crippen molar-refractivity contribution in [1.29, 1.82) is 0 Å². The molecule has 2 atom stereocenters. The van der Waals surface area contributed by atoms with E-state index in [0.29, 0.717) is 13.1 Å². The summed E-state index contributed by atoms with van der Waals surface area (Å²) in [6, 6.07) is 6.05. The Hall–Kier alpha value is -1.35. The summed E-state index contributed by atoms with van der Waals surface area (Å²) in [5.74, 6) is 0.401. The van der Waals surface area contributed by atoms with Crippen LogP contribution in [0.2, 0.25) is 0 Å². The highest BCUT2D eigenvalue weighted by Gasteiger charge is 2.32. The maximum Gasteiger partial charge on any atom is 0.254 e. The maximum absolute atomic E-state index is 12.4. The van der Waals surface area contributed by atoms with Crippen molar-refractivity contribution in [1.82, 2.24) is 4.90 Å². The summed E-state index contributed by atoms with van der Waals surface area (Å²) in [6.07, 6.45) is 3.99. The van der Waals surface area contributed by atoms with Crippen molar-refractivity contribution in [2.45, 2.75) is 45.3 Å². The van der Waals surface area contributed by atoms with Gasteiger partial charge in [-0.3, -0.25) is 4.79 Å². The summed E-state index contributed by atoms with van der Waals surface area (Å²) >= 11 is 0. The predicted octanol–water partition coefficient (Wildman–Crippen LogP) is 2.50. The Morgan fingerprint density at radius 1 is 1.32 bits per heavy atom. The molecule has 1 amide bonds. The van der Waals surface area contributed by atoms with Crippen LogP contribution in [-0.2, 0) is 6.54 Å². The number of amides is 1. The van der Waals surface area contributed by atoms with E-state index in [1.54, 1.807) is 0 Å². The van der Waals surface area contributed by atoms with Crippen LogP contribution in [0.25, 0.3) is 0 Å². The standard InChI is InChI=1S/C16H21NO2/c1-11-5-4-7-13-10-17(16(19)15(11)13)9-12-6-2-3-8-14(12)18/h4-5,7,12,14,18H,2-3,6,8-10H2,1H3/t12-,14+/m1/s1. The first-order chi connectivity index (χ1) is 9.16. The third-order valence-electron chi connectivity index (χ3n) is 4.55. The Labute approximate surface area is 114 Å². The van der Waals surface area contributed by atoms with Gasteiger partial charge in [-0.15, -0.1) is 0 Å². The molecule has 0 bridgehead atoms. The topological polar surface area (TPSA) is 40.5 Å². The van der Waals surface area contributed by atoms with E-state index in [4.69, 9.17) is 0 Å². The minimum absolute atomic E-state index is 0.144. The van der Waals surface area contributed by atoms with Crippen LogP contribution in [0, 0.1) is 12.8 Å². The van der Waals surface area contributed by atoms with Crippen LogP contribution in [0.5, 0.6) is 0 Å². The fourth-order valence-corrected chi connectivity index (χ4v) is 3.43. The lowest BCUT2D eigenvalue weighted by atomic mass is 9.86. The van der Waals surface area contributed by atoms with Crippen molar-refractivity contribution in [2.75, 3.05) is 6.54 Å². The van der Waals surface area contributed by atoms with Crippen LogP contribution in [0.4, 0.5) is 0 Å². The summed E-state index contributed by atoms with van der Waals surface area (Å²) in [5, 5.41) is 10.0. The molecule has 1 fully saturated rings. The molecule has 1 aromatic rings. The largest absolute Gasteiger partial charge is 0.393 e. The highest BCUT2D eigenvalue weighted by atomic mass is 16.3. The molecular weight excluding hydrogens is 238 g/mol. The molecule has 0 saturated heterocycles. The molecule has 0 unspecified atom stereocenters. The van der Waals surface area contributed by atoms with Crippen LogP contribution in [-0.4, -0.2) is 28.6 Å². The molecule has 1 aliphatic heterocycles. The minimum atomic E-state index is -0.230. The number of fused-ring (bicyclic) bond motifs is 1. The molecular formula is C16H21NO2. The lowest BCUT2D eigenvalue weighted by Crippen LogP contribution is -2.37. The molecule has 19 heavy (non-hydrogen) atoms. The van der Waals surface area contributed by atoms with Crippen molar-refractivity contribution in [3.05, 3.63) is 34.9 Å². The number of carbonyl (C=O) groups is 1. The third kappa shape index (κ3) is 2.27. The van der Waals surface area contributed by atoms with E-state index < -0.39 is 0 Å². The van der Waals surface area contributed by atoms with Crippen LogP contribution >= 0.6 is 0 Å². The molecule has 102 valence electrons. The molecule has 0 spiro atoms. The van der Waals surface area contributed by atoms with Gasteiger partial charge in [0.2, 0.25) is 0 Å². The fourth-order valence-electron chi connectivity index (χ4n) is 3.43. The smallest absolute Gasteiger partial charge is 0.254 e. The number of hydrogen-bond donors (Lipinski definition) is 1. The van der Waals surface area contributed by atoms with Crippen LogP contribution < -0.4 is 0 Å². The van der Waals surface area contributed by atoms with E-state index in [2.05, 4.69) is 0 Å². The summed E-state index contributed by atoms with van der Waals surface area (Å²) in [4.78, 5) is 14.4. The van der Waals surface area contributed by atoms with Gasteiger partial charge in [0.25, 0.3) is 5.91 Å². The second-order valence-electron chi connectivity index (χ2n) is 5.91. The van der Waals surface area contributed by atoms with Gasteiger partial charge in [0.05, 0.1) is 6.10 Å². The predicted molar refractivity (Wildman–Crippen MR) is 73.9 cm³/mol. The van der Waals surface area contributed by atoms with Gasteiger partial charge in [0.1, 0.15) is 0 Å². The number of aliphatic hydroxyl groups is 1. The summed E-state index contributed by atoms with van der Waals surface area (Å²) in [6.45, 7) is 3.41. The summed E-state index contributed by atoms with van der Waals surface area (Å²) in [5.41, 5.74) is 3.08. The van der Waals surface area contributed by atoms with Crippen molar-refractivity contribution in [2.24, 2.45) is 5.92 Å². The van der Waals surface area contributed by atoms with Gasteiger partial charge < -0.3 is 10.0 Å². The zero-order valence-electron chi connectivity index (χ0n) is 11.4. The number of hydrogen-bond acceptors (Lipinski definition) is 2. The van der Waals surface area contributed by atoms with Gasteiger partial charge in [-0.2, -0.15) is 0 Å². The fraction of sp³-hybridized carbons (Fsp3) is 0.562. The van der Waals surface area contributed by atoms with E-state index in [-0.39, 0.29) is 17.9 Å². The highest BCUT2D eigenvalue weighted by molar-refractivity contribution is 5.99. The zero-order chi connectivity index (χ0) is 13.4. The second-order valence-corrected chi connectivity index (χ2v) is 5.91. The average Bonchev–Trinajstić information content (AvgIpc) is 2.71. The highest BCUT2D eigenvalue weighted by Crippen LogP contribution is 2.30. The lowest BCUT2D eigenvalue weighted by Gasteiger charge is -2.31. The Kier molecular flexibility index (Phi) is 3.31. The SMILES string of the molecule is Cc1cccc2c1C(=O)N(C[C@H]1CCCC[C@@H]1O)C2. The first-order valence-electron chi connectivity index (χ1n) is 7.22. The van der Waals surface area contributed by atoms with E-state index in [0.717, 1.165) is 36.0 Å². The van der Waals surface area contributed by atoms with Gasteiger partial charge in [-0.1, -0.05) is 31.0 Å². The summed E-state index contributed by atoms with van der Waals surface area (Å²) in [7, 11) is 0. The summed E-state index contributed by atoms with van der Waals surface area (Å²) < 4.78 is 0. The van der Waals surface area contributed by atoms with E-state index in [1.807, 2.05) is 30.0 Å². The van der Waals surface area contributed by atoms with Crippen LogP contribution in [0.15, 0.2) is 18.2 Å². The zero-order valence-corrected chi connectivity index (χ0v) is 11.4. The van der Waals surface area contributed by atoms with Crippen molar-refractivity contribution >= 4 is 5.91 Å². The molecule has 2 aliphatic rings. The number of rotatable bonds is 2. The molecule has 3 rings (SSSR count). The van der Waals surface area contributed by atoms with Crippen molar-refractivity contribution in [3.8, 4) is 0 Å². The number of aryl methyl sites for hydroxylation is 1. The molecule has 1 heterocycles. The average molecular weight is 259 g/mol. The quantitative estimate of drug-likeness (QED) is 0.886. The number of aliphatic hydroxyl groups excluding tert-OH is 1. The molecule has 3 heteroatoms. The Morgan fingerprint density at radius 2 is 2.11 bits per heavy atom. The Morgan fingerprint density at radius 3 is 2.84 bits per heavy atom. The molecule has 1 saturated carbocycles. The normalized spacial score (nSPS) is 26.6. The van der Waals surface area contributed by atoms with Gasteiger partial charge in [-0.05, 0) is 30.9 Å². The molecule has 1 N–H and O–H groups in total. The van der Waals surface area contributed by atoms with Gasteiger partial charge in [0, 0.05) is 24.6 Å². The monoisotopic (exact) mass is 259 g/mol. The molecule has 1 aliphatic carbocycles. The second kappa shape index (κ2) is 4.97. The Bertz CT molecular complexity index is 498. The molecule has 3 nitrogen and oxygen atoms in total. The first kappa shape index (κ1) is 12.7. The van der Waals surface area contributed by atoms with E-state index in [1.165, 1.54) is 6.42 Å². The first-order valence-corrected chi connectivity index (χ1v) is 7.22. The van der Waals surface area contributed by atoms with Crippen molar-refractivity contribution in [3.63, 3.8) is 0 Å². The van der Waals surface area contributed by atoms with Crippen LogP contribution in [0.3, 0.4) is 0 Å². The molecule has 1 aromatic carbocycles. The van der Waals surface area contributed by atoms with Crippen LogP contribution in [0.1, 0.15) is 47.2 Å². The number of benzene rings is 1.